The van der Waals surface area contributed by atoms with Gasteiger partial charge in [-0.1, -0.05) is 42.5 Å². The topological polar surface area (TPSA) is 32.7 Å². The molecule has 0 heterocycles. The van der Waals surface area contributed by atoms with Crippen LogP contribution in [-0.4, -0.2) is 12.7 Å². The van der Waals surface area contributed by atoms with Crippen molar-refractivity contribution in [1.82, 2.24) is 0 Å². The average Bonchev–Trinajstić information content (AvgIpc) is 2.71. The number of nitrogens with zero attached hydrogens (tertiary/aromatic N) is 1. The van der Waals surface area contributed by atoms with Crippen LogP contribution in [0.1, 0.15) is 0 Å². The molecule has 131 valence electrons. The van der Waals surface area contributed by atoms with Crippen LogP contribution in [0.15, 0.2) is 95.5 Å². The summed E-state index contributed by atoms with van der Waals surface area (Å²) >= 11 is 3.50. The van der Waals surface area contributed by atoms with Crippen LogP contribution < -0.4 is 9.55 Å². The average molecular weight is 417 g/mol. The van der Waals surface area contributed by atoms with Crippen molar-refractivity contribution in [3.63, 3.8) is 0 Å². The van der Waals surface area contributed by atoms with Crippen molar-refractivity contribution >= 4 is 51.4 Å². The van der Waals surface area contributed by atoms with Gasteiger partial charge < -0.3 is 14.6 Å². The first-order chi connectivity index (χ1) is 13.3. The number of benzene rings is 4. The molecule has 0 spiro atoms. The zero-order valence-corrected chi connectivity index (χ0v) is 16.0. The van der Waals surface area contributed by atoms with E-state index in [1.54, 1.807) is 0 Å². The van der Waals surface area contributed by atoms with E-state index in [1.807, 2.05) is 48.5 Å². The van der Waals surface area contributed by atoms with E-state index in [4.69, 9.17) is 9.68 Å². The van der Waals surface area contributed by atoms with Gasteiger partial charge in [-0.2, -0.15) is 0 Å². The van der Waals surface area contributed by atoms with E-state index >= 15 is 0 Å². The second-order valence-electron chi connectivity index (χ2n) is 6.04. The number of hydrogen-bond donors (Lipinski definition) is 1. The lowest BCUT2D eigenvalue weighted by molar-refractivity contribution is 0.452. The van der Waals surface area contributed by atoms with Gasteiger partial charge in [0, 0.05) is 17.1 Å². The van der Waals surface area contributed by atoms with E-state index < -0.39 is 0 Å². The molecule has 1 radical (unpaired) electrons. The fourth-order valence-corrected chi connectivity index (χ4v) is 3.58. The van der Waals surface area contributed by atoms with Gasteiger partial charge in [-0.15, -0.1) is 0 Å². The molecule has 0 unspecified atom stereocenters. The van der Waals surface area contributed by atoms with Gasteiger partial charge in [0.05, 0.1) is 4.47 Å². The number of para-hydroxylation sites is 2. The van der Waals surface area contributed by atoms with Crippen LogP contribution in [0.2, 0.25) is 0 Å². The number of rotatable bonds is 5. The van der Waals surface area contributed by atoms with Gasteiger partial charge >= 0.3 is 7.69 Å². The minimum atomic E-state index is 0.570. The molecule has 0 saturated heterocycles. The van der Waals surface area contributed by atoms with Gasteiger partial charge in [0.25, 0.3) is 0 Å². The fourth-order valence-electron chi connectivity index (χ4n) is 3.12. The van der Waals surface area contributed by atoms with Crippen LogP contribution >= 0.6 is 15.9 Å². The van der Waals surface area contributed by atoms with Gasteiger partial charge in [0.2, 0.25) is 0 Å². The summed E-state index contributed by atoms with van der Waals surface area (Å²) in [6.07, 6.45) is 0. The van der Waals surface area contributed by atoms with Crippen LogP contribution in [-0.2, 0) is 0 Å². The Morgan fingerprint density at radius 2 is 1.33 bits per heavy atom. The Morgan fingerprint density at radius 3 is 1.93 bits per heavy atom. The highest BCUT2D eigenvalue weighted by Gasteiger charge is 2.13. The fraction of sp³-hybridized carbons (Fsp3) is 0. The van der Waals surface area contributed by atoms with Crippen molar-refractivity contribution in [2.24, 2.45) is 0 Å². The molecule has 4 aromatic carbocycles. The monoisotopic (exact) mass is 416 g/mol. The Kier molecular flexibility index (Phi) is 5.14. The molecule has 4 aromatic rings. The first kappa shape index (κ1) is 17.6. The summed E-state index contributed by atoms with van der Waals surface area (Å²) in [6, 6.07) is 30.8. The summed E-state index contributed by atoms with van der Waals surface area (Å²) < 4.78 is 5.92. The minimum absolute atomic E-state index is 0.570. The van der Waals surface area contributed by atoms with Crippen molar-refractivity contribution < 1.29 is 9.68 Å². The number of fused-ring (bicyclic) bond motifs is 1. The molecule has 3 nitrogen and oxygen atoms in total. The summed E-state index contributed by atoms with van der Waals surface area (Å²) in [4.78, 5) is 2.22. The lowest BCUT2D eigenvalue weighted by Crippen LogP contribution is -2.09. The highest BCUT2D eigenvalue weighted by atomic mass is 79.9. The van der Waals surface area contributed by atoms with Crippen molar-refractivity contribution in [3.8, 4) is 5.75 Å². The van der Waals surface area contributed by atoms with Crippen LogP contribution in [0.3, 0.4) is 0 Å². The molecular formula is C22H16BBrNO2. The molecule has 27 heavy (non-hydrogen) atoms. The van der Waals surface area contributed by atoms with Crippen molar-refractivity contribution in [2.75, 3.05) is 4.90 Å². The Balaban J connectivity index is 1.85. The zero-order chi connectivity index (χ0) is 18.6. The van der Waals surface area contributed by atoms with E-state index in [-0.39, 0.29) is 0 Å². The molecule has 5 heteroatoms. The maximum Gasteiger partial charge on any atom is 0.569 e. The molecule has 0 fully saturated rings. The maximum absolute atomic E-state index is 8.91. The second kappa shape index (κ2) is 7.86. The molecule has 0 aliphatic heterocycles. The van der Waals surface area contributed by atoms with Gasteiger partial charge in [-0.05, 0) is 75.2 Å². The van der Waals surface area contributed by atoms with Crippen molar-refractivity contribution in [1.29, 1.82) is 0 Å². The third kappa shape index (κ3) is 3.70. The SMILES string of the molecule is O[B]Oc1cc2ccc(N(c3ccccc3)c3ccccc3)cc2cc1Br. The predicted octanol–water partition coefficient (Wildman–Crippen LogP) is 5.98. The van der Waals surface area contributed by atoms with E-state index in [0.717, 1.165) is 32.3 Å². The summed E-state index contributed by atoms with van der Waals surface area (Å²) in [5.74, 6) is 0.570. The molecule has 0 aliphatic rings. The summed E-state index contributed by atoms with van der Waals surface area (Å²) in [7, 11) is 0.687. The summed E-state index contributed by atoms with van der Waals surface area (Å²) in [5, 5.41) is 11.0. The number of halogens is 1. The normalized spacial score (nSPS) is 10.6. The predicted molar refractivity (Wildman–Crippen MR) is 115 cm³/mol. The number of hydrogen-bond acceptors (Lipinski definition) is 3. The van der Waals surface area contributed by atoms with Gasteiger partial charge in [-0.25, -0.2) is 0 Å². The minimum Gasteiger partial charge on any atom is -0.537 e. The largest absolute Gasteiger partial charge is 0.569 e. The highest BCUT2D eigenvalue weighted by molar-refractivity contribution is 9.10. The van der Waals surface area contributed by atoms with E-state index in [0.29, 0.717) is 13.4 Å². The molecule has 4 rings (SSSR count). The molecule has 0 aliphatic carbocycles. The Morgan fingerprint density at radius 1 is 0.704 bits per heavy atom. The first-order valence-electron chi connectivity index (χ1n) is 8.52. The molecular weight excluding hydrogens is 401 g/mol. The van der Waals surface area contributed by atoms with E-state index in [9.17, 15) is 0 Å². The van der Waals surface area contributed by atoms with Gasteiger partial charge in [-0.3, -0.25) is 0 Å². The van der Waals surface area contributed by atoms with Gasteiger partial charge in [0.15, 0.2) is 0 Å². The third-order valence-corrected chi connectivity index (χ3v) is 4.96. The second-order valence-corrected chi connectivity index (χ2v) is 6.90. The van der Waals surface area contributed by atoms with Crippen LogP contribution in [0.5, 0.6) is 5.75 Å². The number of anilines is 3. The van der Waals surface area contributed by atoms with Crippen LogP contribution in [0, 0.1) is 0 Å². The molecule has 0 amide bonds. The lowest BCUT2D eigenvalue weighted by atomic mass is 10.1. The first-order valence-corrected chi connectivity index (χ1v) is 9.31. The van der Waals surface area contributed by atoms with Crippen molar-refractivity contribution in [3.05, 3.63) is 95.5 Å². The van der Waals surface area contributed by atoms with Gasteiger partial charge in [0.1, 0.15) is 5.75 Å². The maximum atomic E-state index is 8.91. The summed E-state index contributed by atoms with van der Waals surface area (Å²) in [5.41, 5.74) is 3.25. The molecule has 0 aromatic heterocycles. The molecule has 0 bridgehead atoms. The highest BCUT2D eigenvalue weighted by Crippen LogP contribution is 2.37. The quantitative estimate of drug-likeness (QED) is 0.406. The smallest absolute Gasteiger partial charge is 0.537 e. The standard InChI is InChI=1S/C22H16BBrNO2/c24-21-14-17-13-20(12-11-16(17)15-22(21)27-23-26)25(18-7-3-1-4-8-18)19-9-5-2-6-10-19/h1-15,26H. The Labute approximate surface area is 167 Å². The Bertz CT molecular complexity index is 1020. The molecule has 0 saturated carbocycles. The Hall–Kier alpha value is -2.76. The zero-order valence-electron chi connectivity index (χ0n) is 14.4. The lowest BCUT2D eigenvalue weighted by Gasteiger charge is -2.25. The molecule has 0 atom stereocenters. The van der Waals surface area contributed by atoms with Crippen LogP contribution in [0.25, 0.3) is 10.8 Å². The van der Waals surface area contributed by atoms with E-state index in [2.05, 4.69) is 63.3 Å². The van der Waals surface area contributed by atoms with E-state index in [1.165, 1.54) is 0 Å². The summed E-state index contributed by atoms with van der Waals surface area (Å²) in [6.45, 7) is 0. The molecule has 1 N–H and O–H groups in total. The third-order valence-electron chi connectivity index (χ3n) is 4.34. The van der Waals surface area contributed by atoms with Crippen molar-refractivity contribution in [2.45, 2.75) is 0 Å². The van der Waals surface area contributed by atoms with Crippen LogP contribution in [0.4, 0.5) is 17.1 Å².